The molecule has 1 saturated carbocycles. The van der Waals surface area contributed by atoms with Crippen molar-refractivity contribution < 1.29 is 14.7 Å². The van der Waals surface area contributed by atoms with Crippen molar-refractivity contribution >= 4 is 34.2 Å². The molecule has 40 heavy (non-hydrogen) atoms. The minimum atomic E-state index is -0.963. The van der Waals surface area contributed by atoms with Crippen molar-refractivity contribution in [2.75, 3.05) is 11.1 Å². The van der Waals surface area contributed by atoms with Crippen molar-refractivity contribution in [1.82, 2.24) is 19.1 Å². The normalized spacial score (nSPS) is 15.3. The van der Waals surface area contributed by atoms with Crippen LogP contribution in [0.5, 0.6) is 0 Å². The second-order valence-electron chi connectivity index (χ2n) is 11.5. The van der Waals surface area contributed by atoms with Crippen LogP contribution >= 0.6 is 0 Å². The molecule has 0 bridgehead atoms. The van der Waals surface area contributed by atoms with Gasteiger partial charge < -0.3 is 25.3 Å². The fourth-order valence-corrected chi connectivity index (χ4v) is 5.51. The van der Waals surface area contributed by atoms with E-state index in [1.165, 1.54) is 12.4 Å². The zero-order valence-electron chi connectivity index (χ0n) is 22.6. The van der Waals surface area contributed by atoms with Gasteiger partial charge in [0.05, 0.1) is 17.5 Å². The molecule has 4 N–H and O–H groups in total. The van der Waals surface area contributed by atoms with E-state index in [1.807, 2.05) is 22.9 Å². The number of carbonyl (C=O) groups excluding carboxylic acids is 2. The molecule has 2 aliphatic carbocycles. The smallest absolute Gasteiger partial charge is 0.263 e. The van der Waals surface area contributed by atoms with Crippen LogP contribution in [0, 0.1) is 5.92 Å². The predicted octanol–water partition coefficient (Wildman–Crippen LogP) is 3.79. The van der Waals surface area contributed by atoms with E-state index in [0.29, 0.717) is 60.0 Å². The van der Waals surface area contributed by atoms with Gasteiger partial charge in [-0.1, -0.05) is 12.1 Å². The van der Waals surface area contributed by atoms with Gasteiger partial charge in [0.25, 0.3) is 11.5 Å². The summed E-state index contributed by atoms with van der Waals surface area (Å²) in [4.78, 5) is 47.9. The van der Waals surface area contributed by atoms with Crippen molar-refractivity contribution in [3.05, 3.63) is 70.0 Å². The van der Waals surface area contributed by atoms with Gasteiger partial charge in [0, 0.05) is 41.7 Å². The van der Waals surface area contributed by atoms with Crippen LogP contribution in [0.2, 0.25) is 0 Å². The van der Waals surface area contributed by atoms with E-state index in [2.05, 4.69) is 15.3 Å². The van der Waals surface area contributed by atoms with E-state index < -0.39 is 11.5 Å². The molecule has 1 fully saturated rings. The summed E-state index contributed by atoms with van der Waals surface area (Å²) in [6.07, 6.45) is 7.23. The molecule has 0 atom stereocenters. The number of hydrogen-bond donors (Lipinski definition) is 3. The van der Waals surface area contributed by atoms with E-state index in [1.54, 1.807) is 30.5 Å². The van der Waals surface area contributed by atoms with Gasteiger partial charge in [-0.15, -0.1) is 0 Å². The second kappa shape index (κ2) is 9.71. The molecule has 3 aromatic heterocycles. The number of nitrogens with two attached hydrogens (primary N) is 1. The third-order valence-corrected chi connectivity index (χ3v) is 7.60. The molecule has 206 valence electrons. The first kappa shape index (κ1) is 25.9. The van der Waals surface area contributed by atoms with Crippen LogP contribution in [0.3, 0.4) is 0 Å². The number of ketones is 1. The molecular formula is C30H32N6O4. The number of nitrogens with zero attached hydrogens (tertiary/aromatic N) is 4. The van der Waals surface area contributed by atoms with Gasteiger partial charge in [0.2, 0.25) is 0 Å². The van der Waals surface area contributed by atoms with Crippen LogP contribution in [0.1, 0.15) is 65.9 Å². The Balaban J connectivity index is 1.30. The van der Waals surface area contributed by atoms with Gasteiger partial charge in [0.1, 0.15) is 23.4 Å². The molecule has 1 aromatic carbocycles. The molecule has 1 amide bonds. The van der Waals surface area contributed by atoms with E-state index >= 15 is 0 Å². The number of pyridine rings is 1. The van der Waals surface area contributed by atoms with Crippen LogP contribution in [-0.2, 0) is 19.5 Å². The molecule has 2 aliphatic rings. The average Bonchev–Trinajstić information content (AvgIpc) is 3.65. The zero-order chi connectivity index (χ0) is 28.2. The van der Waals surface area contributed by atoms with Gasteiger partial charge in [-0.3, -0.25) is 14.4 Å². The minimum absolute atomic E-state index is 0.0154. The summed E-state index contributed by atoms with van der Waals surface area (Å²) in [6.45, 7) is 4.31. The molecule has 10 nitrogen and oxygen atoms in total. The maximum Gasteiger partial charge on any atom is 0.263 e. The molecule has 0 radical (unpaired) electrons. The van der Waals surface area contributed by atoms with Gasteiger partial charge in [-0.25, -0.2) is 9.97 Å². The highest BCUT2D eigenvalue weighted by Crippen LogP contribution is 2.34. The minimum Gasteiger partial charge on any atom is -0.389 e. The average molecular weight is 541 g/mol. The first-order chi connectivity index (χ1) is 19.1. The maximum absolute atomic E-state index is 13.4. The Morgan fingerprint density at radius 2 is 1.88 bits per heavy atom. The van der Waals surface area contributed by atoms with Crippen LogP contribution in [0.25, 0.3) is 22.2 Å². The molecule has 0 spiro atoms. The number of amides is 1. The quantitative estimate of drug-likeness (QED) is 0.323. The van der Waals surface area contributed by atoms with E-state index in [-0.39, 0.29) is 16.9 Å². The Labute approximate surface area is 230 Å². The number of hydrogen-bond acceptors (Lipinski definition) is 7. The van der Waals surface area contributed by atoms with Crippen molar-refractivity contribution in [2.24, 2.45) is 5.92 Å². The molecule has 0 aliphatic heterocycles. The summed E-state index contributed by atoms with van der Waals surface area (Å²) in [5.74, 6) is 0.203. The largest absolute Gasteiger partial charge is 0.389 e. The molecule has 6 rings (SSSR count). The number of aliphatic hydroxyl groups is 1. The number of fused-ring (bicyclic) bond motifs is 2. The molecule has 0 unspecified atom stereocenters. The Kier molecular flexibility index (Phi) is 6.29. The molecule has 4 aromatic rings. The van der Waals surface area contributed by atoms with Crippen LogP contribution < -0.4 is 16.6 Å². The Hall–Kier alpha value is -4.31. The van der Waals surface area contributed by atoms with Crippen molar-refractivity contribution in [3.63, 3.8) is 0 Å². The van der Waals surface area contributed by atoms with Crippen LogP contribution in [0.15, 0.2) is 47.7 Å². The lowest BCUT2D eigenvalue weighted by Crippen LogP contribution is -2.35. The Bertz CT molecular complexity index is 1710. The van der Waals surface area contributed by atoms with Gasteiger partial charge in [-0.2, -0.15) is 0 Å². The first-order valence-electron chi connectivity index (χ1n) is 13.6. The number of anilines is 2. The second-order valence-corrected chi connectivity index (χ2v) is 11.5. The monoisotopic (exact) mass is 540 g/mol. The lowest BCUT2D eigenvalue weighted by molar-refractivity contribution is 0.0627. The molecule has 10 heteroatoms. The Morgan fingerprint density at radius 1 is 1.12 bits per heavy atom. The molecular weight excluding hydrogens is 508 g/mol. The van der Waals surface area contributed by atoms with Crippen molar-refractivity contribution in [3.8, 4) is 11.1 Å². The number of aromatic nitrogens is 4. The number of nitrogens with one attached hydrogen (secondary N) is 1. The van der Waals surface area contributed by atoms with E-state index in [4.69, 9.17) is 5.73 Å². The fraction of sp³-hybridized carbons (Fsp3) is 0.367. The lowest BCUT2D eigenvalue weighted by Gasteiger charge is -2.21. The first-order valence-corrected chi connectivity index (χ1v) is 13.6. The standard InChI is InChI=1S/C30H32N6O4/c1-30(2,40)15-35-14-22(25-26(31)32-16-33-27(25)35)18-8-10-19(11-9-18)34-28(38)21-12-20-23(4-3-5-24(20)37)36(29(21)39)13-17-6-7-17/h8-12,14,16-17,40H,3-7,13,15H2,1-2H3,(H,34,38)(H2,31,32,33). The zero-order valence-corrected chi connectivity index (χ0v) is 22.6. The summed E-state index contributed by atoms with van der Waals surface area (Å²) in [7, 11) is 0. The number of carbonyl (C=O) groups is 2. The lowest BCUT2D eigenvalue weighted by atomic mass is 9.93. The topological polar surface area (TPSA) is 145 Å². The van der Waals surface area contributed by atoms with Gasteiger partial charge in [0.15, 0.2) is 5.78 Å². The number of nitrogen functional groups attached to an aromatic ring is 1. The van der Waals surface area contributed by atoms with Gasteiger partial charge in [-0.05, 0) is 69.2 Å². The molecule has 0 saturated heterocycles. The van der Waals surface area contributed by atoms with Crippen LogP contribution in [-0.4, -0.2) is 41.5 Å². The van der Waals surface area contributed by atoms with Gasteiger partial charge >= 0.3 is 0 Å². The number of rotatable bonds is 7. The maximum atomic E-state index is 13.4. The van der Waals surface area contributed by atoms with Crippen molar-refractivity contribution in [2.45, 2.75) is 64.6 Å². The summed E-state index contributed by atoms with van der Waals surface area (Å²) in [6, 6.07) is 8.66. The number of Topliss-reactive ketones (excluding diaryl/α,β-unsaturated/α-hetero) is 1. The Morgan fingerprint density at radius 3 is 2.58 bits per heavy atom. The summed E-state index contributed by atoms with van der Waals surface area (Å²) in [5.41, 5.74) is 8.90. The van der Waals surface area contributed by atoms with E-state index in [0.717, 1.165) is 36.1 Å². The molecule has 3 heterocycles. The highest BCUT2D eigenvalue weighted by atomic mass is 16.3. The highest BCUT2D eigenvalue weighted by molar-refractivity contribution is 6.07. The highest BCUT2D eigenvalue weighted by Gasteiger charge is 2.29. The van der Waals surface area contributed by atoms with Crippen LogP contribution in [0.4, 0.5) is 11.5 Å². The summed E-state index contributed by atoms with van der Waals surface area (Å²) >= 11 is 0. The van der Waals surface area contributed by atoms with E-state index in [9.17, 15) is 19.5 Å². The van der Waals surface area contributed by atoms with Crippen molar-refractivity contribution in [1.29, 1.82) is 0 Å². The number of benzene rings is 1. The predicted molar refractivity (Wildman–Crippen MR) is 152 cm³/mol. The summed E-state index contributed by atoms with van der Waals surface area (Å²) < 4.78 is 3.51. The SMILES string of the molecule is CC(C)(O)Cn1cc(-c2ccc(NC(=O)c3cc4c(n(CC5CC5)c3=O)CCCC4=O)cc2)c2c(N)ncnc21. The third kappa shape index (κ3) is 4.90. The third-order valence-electron chi connectivity index (χ3n) is 7.60. The fourth-order valence-electron chi connectivity index (χ4n) is 5.51. The summed E-state index contributed by atoms with van der Waals surface area (Å²) in [5, 5.41) is 13.9.